The molecule has 2 atom stereocenters. The number of carbonyl (C=O) groups is 3. The Labute approximate surface area is 303 Å². The quantitative estimate of drug-likeness (QED) is 0.169. The number of esters is 1. The second-order valence-corrected chi connectivity index (χ2v) is 14.0. The summed E-state index contributed by atoms with van der Waals surface area (Å²) in [5, 5.41) is 0.407. The van der Waals surface area contributed by atoms with Gasteiger partial charge in [-0.3, -0.25) is 24.0 Å². The van der Waals surface area contributed by atoms with E-state index in [9.17, 15) is 28.0 Å². The van der Waals surface area contributed by atoms with Gasteiger partial charge in [-0.1, -0.05) is 12.1 Å². The van der Waals surface area contributed by atoms with Crippen molar-refractivity contribution in [2.45, 2.75) is 65.1 Å². The number of carbonyl (C=O) groups excluding carboxylic acids is 3. The maximum atomic E-state index is 13.5. The molecule has 0 bridgehead atoms. The minimum Gasteiger partial charge on any atom is -0.459 e. The van der Waals surface area contributed by atoms with Gasteiger partial charge >= 0.3 is 24.8 Å². The lowest BCUT2D eigenvalue weighted by molar-refractivity contribution is -0.150. The topological polar surface area (TPSA) is 151 Å². The molecule has 0 unspecified atom stereocenters. The second-order valence-electron chi connectivity index (χ2n) is 14.0. The fourth-order valence-corrected chi connectivity index (χ4v) is 6.19. The molecule has 2 aromatic heterocycles. The van der Waals surface area contributed by atoms with Gasteiger partial charge in [0.15, 0.2) is 0 Å². The van der Waals surface area contributed by atoms with Crippen molar-refractivity contribution in [2.75, 3.05) is 38.2 Å². The smallest absolute Gasteiger partial charge is 0.410 e. The number of hydrogen-bond donors (Lipinski definition) is 0. The van der Waals surface area contributed by atoms with E-state index < -0.39 is 30.3 Å². The number of anilines is 1. The average Bonchev–Trinajstić information content (AvgIpc) is 3.61. The summed E-state index contributed by atoms with van der Waals surface area (Å²) in [4.78, 5) is 64.4. The van der Waals surface area contributed by atoms with Gasteiger partial charge in [0.05, 0.1) is 23.5 Å². The van der Waals surface area contributed by atoms with Crippen molar-refractivity contribution in [3.8, 4) is 16.9 Å². The predicted molar refractivity (Wildman–Crippen MR) is 188 cm³/mol. The van der Waals surface area contributed by atoms with Crippen LogP contribution in [0.2, 0.25) is 0 Å². The summed E-state index contributed by atoms with van der Waals surface area (Å²) in [6.45, 7) is 5.22. The van der Waals surface area contributed by atoms with Crippen molar-refractivity contribution in [1.82, 2.24) is 29.1 Å². The van der Waals surface area contributed by atoms with Gasteiger partial charge in [-0.05, 0) is 63.1 Å². The Morgan fingerprint density at radius 2 is 1.79 bits per heavy atom. The van der Waals surface area contributed by atoms with Crippen LogP contribution in [0.1, 0.15) is 38.8 Å². The van der Waals surface area contributed by atoms with E-state index in [2.05, 4.69) is 9.97 Å². The van der Waals surface area contributed by atoms with Crippen molar-refractivity contribution in [2.24, 2.45) is 7.05 Å². The van der Waals surface area contributed by atoms with Gasteiger partial charge in [0.25, 0.3) is 5.56 Å². The fourth-order valence-electron chi connectivity index (χ4n) is 6.19. The fraction of sp³-hybridized carbons (Fsp3) is 0.444. The molecule has 0 N–H and O–H groups in total. The number of hydrogen-bond acceptors (Lipinski definition) is 11. The van der Waals surface area contributed by atoms with Crippen LogP contribution in [0.15, 0.2) is 53.6 Å². The molecule has 2 aliphatic rings. The number of piperazine rings is 1. The molecule has 17 heteroatoms. The number of nitrogens with zero attached hydrogens (tertiary/aromatic N) is 7. The lowest BCUT2D eigenvalue weighted by atomic mass is 10.1. The van der Waals surface area contributed by atoms with E-state index in [1.165, 1.54) is 30.8 Å². The van der Waals surface area contributed by atoms with Crippen LogP contribution in [-0.2, 0) is 39.2 Å². The Bertz CT molecular complexity index is 2080. The number of amides is 2. The highest BCUT2D eigenvalue weighted by Gasteiger charge is 2.38. The van der Waals surface area contributed by atoms with Gasteiger partial charge in [-0.2, -0.15) is 8.78 Å². The van der Waals surface area contributed by atoms with Crippen LogP contribution in [-0.4, -0.2) is 105 Å². The zero-order chi connectivity index (χ0) is 38.2. The first-order valence-corrected chi connectivity index (χ1v) is 17.0. The Balaban J connectivity index is 1.22. The number of ether oxygens (including phenoxy) is 4. The Morgan fingerprint density at radius 1 is 1.06 bits per heavy atom. The van der Waals surface area contributed by atoms with E-state index in [0.29, 0.717) is 59.8 Å². The molecule has 2 amide bonds. The molecule has 0 spiro atoms. The third-order valence-corrected chi connectivity index (χ3v) is 9.18. The highest BCUT2D eigenvalue weighted by molar-refractivity contribution is 5.84. The van der Waals surface area contributed by atoms with E-state index in [-0.39, 0.29) is 36.6 Å². The summed E-state index contributed by atoms with van der Waals surface area (Å²) in [5.41, 5.74) is 1.66. The highest BCUT2D eigenvalue weighted by atomic mass is 19.3. The van der Waals surface area contributed by atoms with Crippen molar-refractivity contribution >= 4 is 35.0 Å². The lowest BCUT2D eigenvalue weighted by Crippen LogP contribution is -2.52. The van der Waals surface area contributed by atoms with Crippen LogP contribution in [0, 0.1) is 0 Å². The third kappa shape index (κ3) is 8.03. The van der Waals surface area contributed by atoms with Gasteiger partial charge in [-0.15, -0.1) is 0 Å². The van der Waals surface area contributed by atoms with Crippen LogP contribution >= 0.6 is 0 Å². The van der Waals surface area contributed by atoms with E-state index in [0.717, 1.165) is 10.5 Å². The summed E-state index contributed by atoms with van der Waals surface area (Å²) in [6.07, 6.45) is 2.37. The van der Waals surface area contributed by atoms with Crippen molar-refractivity contribution < 1.29 is 42.1 Å². The summed E-state index contributed by atoms with van der Waals surface area (Å²) in [7, 11) is 3.00. The molecule has 282 valence electrons. The Kier molecular flexibility index (Phi) is 10.3. The minimum atomic E-state index is -3.11. The Morgan fingerprint density at radius 3 is 2.49 bits per heavy atom. The molecule has 2 saturated heterocycles. The largest absolute Gasteiger partial charge is 0.459 e. The highest BCUT2D eigenvalue weighted by Crippen LogP contribution is 2.28. The van der Waals surface area contributed by atoms with Gasteiger partial charge in [0, 0.05) is 57.3 Å². The van der Waals surface area contributed by atoms with Crippen LogP contribution in [0.25, 0.3) is 22.0 Å². The van der Waals surface area contributed by atoms with Gasteiger partial charge in [-0.25, -0.2) is 24.4 Å². The molecular formula is C36H41F2N7O8. The summed E-state index contributed by atoms with van der Waals surface area (Å²) >= 11 is 0. The zero-order valence-electron chi connectivity index (χ0n) is 30.2. The Hall–Kier alpha value is -5.74. The van der Waals surface area contributed by atoms with E-state index >= 15 is 0 Å². The van der Waals surface area contributed by atoms with Crippen LogP contribution in [0.3, 0.4) is 0 Å². The maximum absolute atomic E-state index is 13.5. The van der Waals surface area contributed by atoms with E-state index in [1.54, 1.807) is 74.1 Å². The first kappa shape index (κ1) is 37.0. The van der Waals surface area contributed by atoms with Gasteiger partial charge in [0.2, 0.25) is 5.95 Å². The number of benzene rings is 2. The maximum Gasteiger partial charge on any atom is 0.410 e. The molecule has 0 saturated carbocycles. The first-order chi connectivity index (χ1) is 25.1. The van der Waals surface area contributed by atoms with Crippen molar-refractivity contribution in [3.63, 3.8) is 0 Å². The van der Waals surface area contributed by atoms with Crippen LogP contribution < -0.4 is 15.2 Å². The first-order valence-electron chi connectivity index (χ1n) is 17.0. The number of likely N-dealkylation sites (N-methyl/N-ethyl adjacent to an activating group) is 1. The van der Waals surface area contributed by atoms with Crippen LogP contribution in [0.5, 0.6) is 5.75 Å². The number of aromatic nitrogens is 4. The molecule has 4 aromatic rings. The average molecular weight is 738 g/mol. The van der Waals surface area contributed by atoms with E-state index in [1.807, 2.05) is 4.90 Å². The summed E-state index contributed by atoms with van der Waals surface area (Å²) in [5.74, 6) is -0.289. The molecule has 0 radical (unpaired) electrons. The van der Waals surface area contributed by atoms with Crippen molar-refractivity contribution in [3.05, 3.63) is 70.3 Å². The minimum absolute atomic E-state index is 0.0465. The number of halogens is 2. The normalized spacial score (nSPS) is 16.4. The molecule has 4 heterocycles. The third-order valence-electron chi connectivity index (χ3n) is 9.18. The molecule has 2 aromatic carbocycles. The number of cyclic esters (lactones) is 1. The second kappa shape index (κ2) is 14.7. The zero-order valence-corrected chi connectivity index (χ0v) is 30.2. The molecule has 2 fully saturated rings. The molecule has 6 rings (SSSR count). The molecule has 53 heavy (non-hydrogen) atoms. The molecule has 0 aliphatic carbocycles. The predicted octanol–water partition coefficient (Wildman–Crippen LogP) is 4.39. The monoisotopic (exact) mass is 737 g/mol. The van der Waals surface area contributed by atoms with Crippen molar-refractivity contribution in [1.29, 1.82) is 0 Å². The number of alkyl halides is 2. The number of fused-ring (bicyclic) bond motifs is 2. The lowest BCUT2D eigenvalue weighted by Gasteiger charge is -2.35. The summed E-state index contributed by atoms with van der Waals surface area (Å²) < 4.78 is 50.8. The van der Waals surface area contributed by atoms with Crippen LogP contribution in [0.4, 0.5) is 24.3 Å². The molecule has 15 nitrogen and oxygen atoms in total. The van der Waals surface area contributed by atoms with Gasteiger partial charge < -0.3 is 23.8 Å². The summed E-state index contributed by atoms with van der Waals surface area (Å²) in [6, 6.07) is 8.67. The van der Waals surface area contributed by atoms with E-state index in [4.69, 9.17) is 18.9 Å². The molecular weight excluding hydrogens is 696 g/mol. The number of rotatable bonds is 10. The molecule has 2 aliphatic heterocycles. The van der Waals surface area contributed by atoms with Gasteiger partial charge in [0.1, 0.15) is 30.6 Å². The SMILES string of the molecule is C[C@@H](C(=O)OCc1ccc(OC(F)F)c(Cn2c3cc(-c4cnc(N5CCN6C(=O)OC[C@@H]6C5)nc4)ccc3c(=O)n2C)c1)N(C)C(=O)OC(C)(C)C. The standard InChI is InChI=1S/C36H41F2N7O8/c1-21(41(5)34(48)53-36(2,3)4)31(47)50-19-22-7-10-29(52-32(37)38)24(13-22)17-45-28-14-23(8-9-27(28)30(46)42(45)6)25-15-39-33(40-16-25)43-11-12-44-26(18-43)20-51-35(44)49/h7-10,13-16,21,26,32H,11-12,17-20H2,1-6H3/t21-,26-/m0/s1.